The predicted octanol–water partition coefficient (Wildman–Crippen LogP) is 1.11. The van der Waals surface area contributed by atoms with Crippen LogP contribution in [0.15, 0.2) is 24.3 Å². The third-order valence-electron chi connectivity index (χ3n) is 3.28. The quantitative estimate of drug-likeness (QED) is 0.731. The Morgan fingerprint density at radius 2 is 2.44 bits per heavy atom. The highest BCUT2D eigenvalue weighted by atomic mass is 16.5. The third kappa shape index (κ3) is 1.23. The van der Waals surface area contributed by atoms with Crippen LogP contribution in [0.4, 0.5) is 4.79 Å². The van der Waals surface area contributed by atoms with Gasteiger partial charge in [-0.2, -0.15) is 0 Å². The molecule has 4 heteroatoms. The number of carbonyl (C=O) groups is 1. The molecule has 2 N–H and O–H groups in total. The minimum Gasteiger partial charge on any atom is -0.450 e. The largest absolute Gasteiger partial charge is 0.450 e. The number of ether oxygens (including phenoxy) is 1. The molecule has 0 saturated carbocycles. The molecule has 0 bridgehead atoms. The fourth-order valence-electron chi connectivity index (χ4n) is 2.52. The van der Waals surface area contributed by atoms with Crippen LogP contribution < -0.4 is 10.6 Å². The second kappa shape index (κ2) is 3.22. The van der Waals surface area contributed by atoms with Crippen LogP contribution >= 0.6 is 0 Å². The van der Waals surface area contributed by atoms with E-state index in [9.17, 15) is 4.79 Å². The molecule has 4 nitrogen and oxygen atoms in total. The van der Waals surface area contributed by atoms with Crippen molar-refractivity contribution in [2.75, 3.05) is 6.61 Å². The van der Waals surface area contributed by atoms with Gasteiger partial charge in [-0.25, -0.2) is 4.79 Å². The molecule has 2 aliphatic rings. The fourth-order valence-corrected chi connectivity index (χ4v) is 2.52. The van der Waals surface area contributed by atoms with Gasteiger partial charge in [-0.1, -0.05) is 24.3 Å². The van der Waals surface area contributed by atoms with Crippen molar-refractivity contribution in [3.8, 4) is 0 Å². The summed E-state index contributed by atoms with van der Waals surface area (Å²) in [6, 6.07) is 8.52. The summed E-state index contributed by atoms with van der Waals surface area (Å²) in [6.07, 6.45) is 0.622. The summed E-state index contributed by atoms with van der Waals surface area (Å²) >= 11 is 0. The first kappa shape index (κ1) is 9.66. The number of nitrogens with one attached hydrogen (secondary N) is 2. The molecule has 1 aromatic carbocycles. The number of rotatable bonds is 2. The van der Waals surface area contributed by atoms with Gasteiger partial charge >= 0.3 is 6.09 Å². The van der Waals surface area contributed by atoms with Crippen molar-refractivity contribution in [1.82, 2.24) is 10.6 Å². The maximum atomic E-state index is 11.5. The van der Waals surface area contributed by atoms with Crippen molar-refractivity contribution < 1.29 is 9.53 Å². The average molecular weight is 218 g/mol. The minimum atomic E-state index is -0.358. The third-order valence-corrected chi connectivity index (χ3v) is 3.28. The zero-order chi connectivity index (χ0) is 11.2. The predicted molar refractivity (Wildman–Crippen MR) is 58.9 cm³/mol. The monoisotopic (exact) mass is 218 g/mol. The maximum Gasteiger partial charge on any atom is 0.408 e. The molecule has 3 rings (SSSR count). The average Bonchev–Trinajstić information content (AvgIpc) is 2.85. The van der Waals surface area contributed by atoms with Crippen LogP contribution in [0.3, 0.4) is 0 Å². The Balaban J connectivity index is 1.84. The Morgan fingerprint density at radius 3 is 3.25 bits per heavy atom. The molecular formula is C12H14N2O2. The summed E-state index contributed by atoms with van der Waals surface area (Å²) in [6.45, 7) is 2.20. The zero-order valence-electron chi connectivity index (χ0n) is 9.12. The van der Waals surface area contributed by atoms with Gasteiger partial charge in [0.15, 0.2) is 0 Å². The van der Waals surface area contributed by atoms with E-state index >= 15 is 0 Å². The van der Waals surface area contributed by atoms with Crippen LogP contribution in [0.2, 0.25) is 0 Å². The number of benzene rings is 1. The SMILES string of the molecule is CCOC(=O)NC12NC1Cc1ccccc12. The van der Waals surface area contributed by atoms with Crippen molar-refractivity contribution in [3.63, 3.8) is 0 Å². The van der Waals surface area contributed by atoms with Gasteiger partial charge in [-0.05, 0) is 24.5 Å². The Bertz CT molecular complexity index is 446. The summed E-state index contributed by atoms with van der Waals surface area (Å²) in [5, 5.41) is 6.23. The van der Waals surface area contributed by atoms with Gasteiger partial charge in [0.25, 0.3) is 0 Å². The Morgan fingerprint density at radius 1 is 1.62 bits per heavy atom. The molecule has 84 valence electrons. The summed E-state index contributed by atoms with van der Waals surface area (Å²) < 4.78 is 4.92. The summed E-state index contributed by atoms with van der Waals surface area (Å²) in [5.74, 6) is 0. The van der Waals surface area contributed by atoms with Gasteiger partial charge < -0.3 is 4.74 Å². The van der Waals surface area contributed by atoms with E-state index in [2.05, 4.69) is 22.8 Å². The highest BCUT2D eigenvalue weighted by molar-refractivity contribution is 5.71. The second-order valence-corrected chi connectivity index (χ2v) is 4.21. The van der Waals surface area contributed by atoms with E-state index in [1.165, 1.54) is 11.1 Å². The van der Waals surface area contributed by atoms with Crippen molar-refractivity contribution in [1.29, 1.82) is 0 Å². The van der Waals surface area contributed by atoms with Crippen LogP contribution in [0.25, 0.3) is 0 Å². The van der Waals surface area contributed by atoms with Gasteiger partial charge in [-0.15, -0.1) is 0 Å². The van der Waals surface area contributed by atoms with E-state index in [-0.39, 0.29) is 11.8 Å². The number of carbonyl (C=O) groups excluding carboxylic acids is 1. The van der Waals surface area contributed by atoms with Gasteiger partial charge in [0.05, 0.1) is 12.6 Å². The first-order valence-electron chi connectivity index (χ1n) is 5.57. The normalized spacial score (nSPS) is 29.2. The lowest BCUT2D eigenvalue weighted by atomic mass is 10.1. The van der Waals surface area contributed by atoms with Crippen LogP contribution in [-0.2, 0) is 16.8 Å². The molecule has 2 unspecified atom stereocenters. The van der Waals surface area contributed by atoms with Gasteiger partial charge in [0.2, 0.25) is 0 Å². The molecule has 16 heavy (non-hydrogen) atoms. The molecule has 1 heterocycles. The first-order valence-corrected chi connectivity index (χ1v) is 5.57. The molecule has 1 fully saturated rings. The molecule has 1 amide bonds. The summed E-state index contributed by atoms with van der Waals surface area (Å²) in [5.41, 5.74) is 2.12. The highest BCUT2D eigenvalue weighted by Gasteiger charge is 2.61. The topological polar surface area (TPSA) is 60.3 Å². The van der Waals surface area contributed by atoms with Crippen LogP contribution in [0.5, 0.6) is 0 Å². The maximum absolute atomic E-state index is 11.5. The smallest absolute Gasteiger partial charge is 0.408 e. The molecule has 1 saturated heterocycles. The van der Waals surface area contributed by atoms with Crippen LogP contribution in [0, 0.1) is 0 Å². The molecule has 2 atom stereocenters. The lowest BCUT2D eigenvalue weighted by Gasteiger charge is -2.15. The Labute approximate surface area is 94.0 Å². The lowest BCUT2D eigenvalue weighted by molar-refractivity contribution is 0.146. The highest BCUT2D eigenvalue weighted by Crippen LogP contribution is 2.45. The van der Waals surface area contributed by atoms with E-state index in [1.807, 2.05) is 12.1 Å². The van der Waals surface area contributed by atoms with Gasteiger partial charge in [0.1, 0.15) is 5.66 Å². The van der Waals surface area contributed by atoms with Gasteiger partial charge in [-0.3, -0.25) is 10.6 Å². The number of amides is 1. The molecule has 1 aromatic rings. The van der Waals surface area contributed by atoms with Gasteiger partial charge in [0, 0.05) is 0 Å². The molecule has 0 radical (unpaired) electrons. The van der Waals surface area contributed by atoms with Crippen LogP contribution in [-0.4, -0.2) is 18.7 Å². The van der Waals surface area contributed by atoms with Crippen molar-refractivity contribution in [2.24, 2.45) is 0 Å². The van der Waals surface area contributed by atoms with E-state index in [1.54, 1.807) is 6.92 Å². The zero-order valence-corrected chi connectivity index (χ0v) is 9.12. The number of hydrogen-bond acceptors (Lipinski definition) is 3. The van der Waals surface area contributed by atoms with Crippen molar-refractivity contribution >= 4 is 6.09 Å². The van der Waals surface area contributed by atoms with E-state index in [4.69, 9.17) is 4.74 Å². The minimum absolute atomic E-state index is 0.328. The van der Waals surface area contributed by atoms with Crippen molar-refractivity contribution in [2.45, 2.75) is 25.0 Å². The molecule has 1 aliphatic carbocycles. The summed E-state index contributed by atoms with van der Waals surface area (Å²) in [7, 11) is 0. The first-order chi connectivity index (χ1) is 7.76. The Hall–Kier alpha value is -1.55. The molecule has 0 spiro atoms. The number of alkyl carbamates (subject to hydrolysis) is 1. The van der Waals surface area contributed by atoms with E-state index in [0.717, 1.165) is 6.42 Å². The molecule has 0 aromatic heterocycles. The summed E-state index contributed by atoms with van der Waals surface area (Å²) in [4.78, 5) is 11.5. The van der Waals surface area contributed by atoms with Crippen LogP contribution in [0.1, 0.15) is 18.1 Å². The molecular weight excluding hydrogens is 204 g/mol. The lowest BCUT2D eigenvalue weighted by Crippen LogP contribution is -2.38. The number of fused-ring (bicyclic) bond motifs is 3. The van der Waals surface area contributed by atoms with E-state index in [0.29, 0.717) is 12.6 Å². The fraction of sp³-hybridized carbons (Fsp3) is 0.417. The second-order valence-electron chi connectivity index (χ2n) is 4.21. The Kier molecular flexibility index (Phi) is 1.94. The van der Waals surface area contributed by atoms with E-state index < -0.39 is 0 Å². The standard InChI is InChI=1S/C12H14N2O2/c1-2-16-11(15)14-12-9-6-4-3-5-8(9)7-10(12)13-12/h3-6,10,13H,2,7H2,1H3,(H,14,15). The molecule has 1 aliphatic heterocycles. The number of hydrogen-bond donors (Lipinski definition) is 2. The van der Waals surface area contributed by atoms with Crippen molar-refractivity contribution in [3.05, 3.63) is 35.4 Å².